The molecule has 3 nitrogen and oxygen atoms in total. The van der Waals surface area contributed by atoms with E-state index in [4.69, 9.17) is 0 Å². The number of rotatable bonds is 1. The van der Waals surface area contributed by atoms with Crippen LogP contribution in [0.25, 0.3) is 5.69 Å². The predicted molar refractivity (Wildman–Crippen MR) is 65.6 cm³/mol. The average molecular weight is 270 g/mol. The van der Waals surface area contributed by atoms with Crippen molar-refractivity contribution in [3.63, 3.8) is 0 Å². The highest BCUT2D eigenvalue weighted by atomic mass is 19.4. The van der Waals surface area contributed by atoms with Gasteiger partial charge in [0.25, 0.3) is 5.56 Å². The quantitative estimate of drug-likeness (QED) is 0.849. The van der Waals surface area contributed by atoms with Crippen molar-refractivity contribution in [3.8, 4) is 5.69 Å². The zero-order valence-electron chi connectivity index (χ0n) is 10.7. The van der Waals surface area contributed by atoms with Crippen LogP contribution in [0.4, 0.5) is 13.2 Å². The Kier molecular flexibility index (Phi) is 3.04. The zero-order valence-corrected chi connectivity index (χ0v) is 10.7. The van der Waals surface area contributed by atoms with Gasteiger partial charge in [-0.15, -0.1) is 0 Å². The first kappa shape index (κ1) is 13.5. The maximum atomic E-state index is 12.6. The van der Waals surface area contributed by atoms with Gasteiger partial charge >= 0.3 is 6.18 Å². The van der Waals surface area contributed by atoms with Gasteiger partial charge < -0.3 is 0 Å². The van der Waals surface area contributed by atoms with Crippen LogP contribution in [-0.2, 0) is 6.18 Å². The zero-order chi connectivity index (χ0) is 14.4. The summed E-state index contributed by atoms with van der Waals surface area (Å²) in [7, 11) is 0. The number of aromatic nitrogens is 2. The Morgan fingerprint density at radius 3 is 2.26 bits per heavy atom. The molecule has 0 aliphatic rings. The smallest absolute Gasteiger partial charge is 0.298 e. The summed E-state index contributed by atoms with van der Waals surface area (Å²) in [6.07, 6.45) is -3.95. The Morgan fingerprint density at radius 1 is 1.11 bits per heavy atom. The molecule has 0 unspecified atom stereocenters. The largest absolute Gasteiger partial charge is 0.423 e. The summed E-state index contributed by atoms with van der Waals surface area (Å²) in [5.74, 6) is 0. The van der Waals surface area contributed by atoms with Gasteiger partial charge in [-0.3, -0.25) is 9.89 Å². The molecule has 6 heteroatoms. The molecular weight excluding hydrogens is 257 g/mol. The highest BCUT2D eigenvalue weighted by Gasteiger charge is 2.35. The van der Waals surface area contributed by atoms with Crippen molar-refractivity contribution in [1.29, 1.82) is 0 Å². The van der Waals surface area contributed by atoms with Gasteiger partial charge in [-0.05, 0) is 43.5 Å². The number of alkyl halides is 3. The molecule has 0 radical (unpaired) electrons. The predicted octanol–water partition coefficient (Wildman–Crippen LogP) is 3.11. The lowest BCUT2D eigenvalue weighted by molar-refractivity contribution is -0.138. The maximum absolute atomic E-state index is 12.6. The number of hydrogen-bond acceptors (Lipinski definition) is 1. The first-order chi connectivity index (χ1) is 8.73. The van der Waals surface area contributed by atoms with Crippen LogP contribution in [0, 0.1) is 20.8 Å². The maximum Gasteiger partial charge on any atom is 0.423 e. The first-order valence-corrected chi connectivity index (χ1v) is 5.68. The summed E-state index contributed by atoms with van der Waals surface area (Å²) in [5, 5.41) is 2.37. The van der Waals surface area contributed by atoms with Crippen molar-refractivity contribution in [2.75, 3.05) is 0 Å². The van der Waals surface area contributed by atoms with E-state index in [1.165, 1.54) is 0 Å². The van der Waals surface area contributed by atoms with Crippen molar-refractivity contribution in [1.82, 2.24) is 9.78 Å². The van der Waals surface area contributed by atoms with Crippen molar-refractivity contribution in [2.45, 2.75) is 26.9 Å². The molecule has 0 aliphatic heterocycles. The van der Waals surface area contributed by atoms with Crippen LogP contribution in [-0.4, -0.2) is 9.78 Å². The molecule has 1 aromatic heterocycles. The van der Waals surface area contributed by atoms with Gasteiger partial charge in [0.05, 0.1) is 5.69 Å². The number of aryl methyl sites for hydroxylation is 1. The van der Waals surface area contributed by atoms with Gasteiger partial charge in [0.15, 0.2) is 0 Å². The highest BCUT2D eigenvalue weighted by Crippen LogP contribution is 2.27. The summed E-state index contributed by atoms with van der Waals surface area (Å²) < 4.78 is 38.7. The third kappa shape index (κ3) is 2.18. The minimum Gasteiger partial charge on any atom is -0.298 e. The van der Waals surface area contributed by atoms with Gasteiger partial charge in [-0.1, -0.05) is 6.07 Å². The van der Waals surface area contributed by atoms with E-state index in [-0.39, 0.29) is 0 Å². The number of H-pyrrole nitrogens is 1. The molecule has 2 aromatic rings. The average Bonchev–Trinajstić information content (AvgIpc) is 2.68. The monoisotopic (exact) mass is 270 g/mol. The van der Waals surface area contributed by atoms with E-state index in [2.05, 4.69) is 5.10 Å². The minimum atomic E-state index is -4.65. The molecule has 19 heavy (non-hydrogen) atoms. The lowest BCUT2D eigenvalue weighted by atomic mass is 10.0. The van der Waals surface area contributed by atoms with E-state index in [0.717, 1.165) is 21.4 Å². The fraction of sp³-hybridized carbons (Fsp3) is 0.308. The SMILES string of the molecule is Cc1ccc(-n2[nH]cc(C(F)(F)F)c2=O)c(C)c1C. The second-order valence-corrected chi connectivity index (χ2v) is 4.48. The van der Waals surface area contributed by atoms with Gasteiger partial charge in [0.2, 0.25) is 0 Å². The lowest BCUT2D eigenvalue weighted by Gasteiger charge is -2.11. The fourth-order valence-corrected chi connectivity index (χ4v) is 1.94. The molecule has 0 spiro atoms. The second kappa shape index (κ2) is 4.29. The van der Waals surface area contributed by atoms with Crippen molar-refractivity contribution in [2.24, 2.45) is 0 Å². The summed E-state index contributed by atoms with van der Waals surface area (Å²) in [4.78, 5) is 11.8. The Bertz CT molecular complexity index is 680. The van der Waals surface area contributed by atoms with Crippen LogP contribution in [0.5, 0.6) is 0 Å². The van der Waals surface area contributed by atoms with Crippen molar-refractivity contribution >= 4 is 0 Å². The number of hydrogen-bond donors (Lipinski definition) is 1. The lowest BCUT2D eigenvalue weighted by Crippen LogP contribution is -2.23. The van der Waals surface area contributed by atoms with Crippen molar-refractivity contribution < 1.29 is 13.2 Å². The van der Waals surface area contributed by atoms with Crippen LogP contribution < -0.4 is 5.56 Å². The number of nitrogens with zero attached hydrogens (tertiary/aromatic N) is 1. The third-order valence-corrected chi connectivity index (χ3v) is 3.35. The highest BCUT2D eigenvalue weighted by molar-refractivity contribution is 5.47. The normalized spacial score (nSPS) is 11.9. The molecule has 0 saturated heterocycles. The van der Waals surface area contributed by atoms with E-state index in [1.54, 1.807) is 19.1 Å². The Balaban J connectivity index is 2.65. The molecule has 0 aliphatic carbocycles. The van der Waals surface area contributed by atoms with E-state index >= 15 is 0 Å². The van der Waals surface area contributed by atoms with Crippen LogP contribution in [0.3, 0.4) is 0 Å². The number of halogens is 3. The fourth-order valence-electron chi connectivity index (χ4n) is 1.94. The second-order valence-electron chi connectivity index (χ2n) is 4.48. The molecule has 102 valence electrons. The van der Waals surface area contributed by atoms with Gasteiger partial charge in [0.1, 0.15) is 5.56 Å². The third-order valence-electron chi connectivity index (χ3n) is 3.35. The molecule has 0 amide bonds. The number of aromatic amines is 1. The molecule has 2 rings (SSSR count). The minimum absolute atomic E-state index is 0.434. The van der Waals surface area contributed by atoms with Gasteiger partial charge in [-0.2, -0.15) is 13.2 Å². The molecule has 1 aromatic carbocycles. The number of nitrogens with one attached hydrogen (secondary N) is 1. The molecule has 0 bridgehead atoms. The molecule has 1 N–H and O–H groups in total. The van der Waals surface area contributed by atoms with Crippen LogP contribution >= 0.6 is 0 Å². The molecule has 1 heterocycles. The molecule has 0 fully saturated rings. The van der Waals surface area contributed by atoms with Crippen LogP contribution in [0.1, 0.15) is 22.3 Å². The molecule has 0 saturated carbocycles. The van der Waals surface area contributed by atoms with E-state index in [0.29, 0.717) is 11.9 Å². The van der Waals surface area contributed by atoms with E-state index in [1.807, 2.05) is 13.8 Å². The summed E-state index contributed by atoms with van der Waals surface area (Å²) >= 11 is 0. The molecular formula is C13H13F3N2O. The summed E-state index contributed by atoms with van der Waals surface area (Å²) in [6, 6.07) is 3.41. The standard InChI is InChI=1S/C13H13F3N2O/c1-7-4-5-11(9(3)8(7)2)18-12(19)10(6-17-18)13(14,15)16/h4-6,17H,1-3H3. The van der Waals surface area contributed by atoms with E-state index in [9.17, 15) is 18.0 Å². The molecule has 0 atom stereocenters. The topological polar surface area (TPSA) is 37.8 Å². The van der Waals surface area contributed by atoms with Crippen molar-refractivity contribution in [3.05, 3.63) is 50.9 Å². The Hall–Kier alpha value is -1.98. The Morgan fingerprint density at radius 2 is 1.74 bits per heavy atom. The van der Waals surface area contributed by atoms with Gasteiger partial charge in [-0.25, -0.2) is 4.68 Å². The van der Waals surface area contributed by atoms with Gasteiger partial charge in [0, 0.05) is 6.20 Å². The van der Waals surface area contributed by atoms with E-state index < -0.39 is 17.3 Å². The van der Waals surface area contributed by atoms with Crippen LogP contribution in [0.2, 0.25) is 0 Å². The summed E-state index contributed by atoms with van der Waals surface area (Å²) in [5.41, 5.74) is 0.912. The summed E-state index contributed by atoms with van der Waals surface area (Å²) in [6.45, 7) is 5.55. The first-order valence-electron chi connectivity index (χ1n) is 5.68. The Labute approximate surface area is 107 Å². The van der Waals surface area contributed by atoms with Crippen LogP contribution in [0.15, 0.2) is 23.1 Å². The number of benzene rings is 1.